The predicted octanol–water partition coefficient (Wildman–Crippen LogP) is 3.76. The van der Waals surface area contributed by atoms with E-state index in [0.717, 1.165) is 11.3 Å². The lowest BCUT2D eigenvalue weighted by atomic mass is 10.2. The number of oxazole rings is 1. The molecule has 0 atom stereocenters. The van der Waals surface area contributed by atoms with Crippen LogP contribution >= 0.6 is 0 Å². The van der Waals surface area contributed by atoms with Gasteiger partial charge in [0.1, 0.15) is 6.26 Å². The van der Waals surface area contributed by atoms with Crippen molar-refractivity contribution in [2.45, 2.75) is 20.4 Å². The number of likely N-dealkylation sites (N-methyl/N-ethyl adjacent to an activating group) is 1. The van der Waals surface area contributed by atoms with Crippen LogP contribution in [-0.4, -0.2) is 34.8 Å². The third-order valence-electron chi connectivity index (χ3n) is 4.26. The number of nitrogens with one attached hydrogen (secondary N) is 2. The van der Waals surface area contributed by atoms with Crippen molar-refractivity contribution in [2.75, 3.05) is 23.7 Å². The van der Waals surface area contributed by atoms with E-state index in [1.54, 1.807) is 30.5 Å². The van der Waals surface area contributed by atoms with Crippen molar-refractivity contribution >= 4 is 23.2 Å². The largest absolute Gasteiger partial charge is 0.444 e. The van der Waals surface area contributed by atoms with Crippen LogP contribution in [0.15, 0.2) is 65.3 Å². The van der Waals surface area contributed by atoms with Crippen LogP contribution in [0.25, 0.3) is 11.5 Å². The summed E-state index contributed by atoms with van der Waals surface area (Å²) in [6, 6.07) is 16.7. The average Bonchev–Trinajstić information content (AvgIpc) is 3.18. The zero-order valence-corrected chi connectivity index (χ0v) is 16.5. The van der Waals surface area contributed by atoms with Gasteiger partial charge >= 0.3 is 0 Å². The van der Waals surface area contributed by atoms with Gasteiger partial charge in [0.05, 0.1) is 12.2 Å². The van der Waals surface area contributed by atoms with Crippen molar-refractivity contribution in [3.05, 3.63) is 66.6 Å². The molecule has 0 aliphatic carbocycles. The molecule has 0 saturated heterocycles. The second-order valence-electron chi connectivity index (χ2n) is 6.62. The number of hydrogen-bond acceptors (Lipinski definition) is 5. The molecule has 0 radical (unpaired) electrons. The molecule has 29 heavy (non-hydrogen) atoms. The first kappa shape index (κ1) is 20.3. The van der Waals surface area contributed by atoms with Gasteiger partial charge in [-0.1, -0.05) is 25.1 Å². The van der Waals surface area contributed by atoms with Crippen molar-refractivity contribution in [3.8, 4) is 11.5 Å². The molecule has 2 amide bonds. The fraction of sp³-hybridized carbons (Fsp3) is 0.227. The van der Waals surface area contributed by atoms with E-state index in [2.05, 4.69) is 15.6 Å². The number of rotatable bonds is 8. The molecule has 0 fully saturated rings. The van der Waals surface area contributed by atoms with E-state index in [1.807, 2.05) is 42.2 Å². The number of benzene rings is 2. The highest BCUT2D eigenvalue weighted by molar-refractivity contribution is 5.93. The van der Waals surface area contributed by atoms with Gasteiger partial charge in [-0.05, 0) is 42.9 Å². The van der Waals surface area contributed by atoms with Crippen LogP contribution in [0.5, 0.6) is 0 Å². The zero-order valence-electron chi connectivity index (χ0n) is 16.5. The summed E-state index contributed by atoms with van der Waals surface area (Å²) in [5.41, 5.74) is 3.05. The molecule has 1 heterocycles. The Bertz CT molecular complexity index is 952. The molecule has 2 N–H and O–H groups in total. The highest BCUT2D eigenvalue weighted by atomic mass is 16.3. The molecule has 1 aromatic heterocycles. The van der Waals surface area contributed by atoms with E-state index in [1.165, 1.54) is 6.92 Å². The van der Waals surface area contributed by atoms with Crippen molar-refractivity contribution in [3.63, 3.8) is 0 Å². The van der Waals surface area contributed by atoms with Crippen LogP contribution in [0.3, 0.4) is 0 Å². The molecule has 150 valence electrons. The normalized spacial score (nSPS) is 10.7. The van der Waals surface area contributed by atoms with Gasteiger partial charge in [-0.25, -0.2) is 4.98 Å². The molecule has 7 heteroatoms. The number of carbonyl (C=O) groups is 2. The lowest BCUT2D eigenvalue weighted by Gasteiger charge is -2.18. The number of anilines is 2. The molecule has 3 rings (SSSR count). The SMILES string of the molecule is CCN(CC(=O)Nc1ccc(NC(C)=O)cc1)Cc1coc(-c2ccccc2)n1. The summed E-state index contributed by atoms with van der Waals surface area (Å²) in [5, 5.41) is 5.56. The number of amides is 2. The van der Waals surface area contributed by atoms with Gasteiger partial charge in [0, 0.05) is 30.4 Å². The van der Waals surface area contributed by atoms with Crippen LogP contribution in [-0.2, 0) is 16.1 Å². The van der Waals surface area contributed by atoms with Gasteiger partial charge in [0.2, 0.25) is 17.7 Å². The molecule has 0 spiro atoms. The second-order valence-corrected chi connectivity index (χ2v) is 6.62. The summed E-state index contributed by atoms with van der Waals surface area (Å²) in [7, 11) is 0. The van der Waals surface area contributed by atoms with Crippen LogP contribution in [0.1, 0.15) is 19.5 Å². The Morgan fingerprint density at radius 3 is 2.28 bits per heavy atom. The maximum absolute atomic E-state index is 12.4. The number of nitrogens with zero attached hydrogens (tertiary/aromatic N) is 2. The molecule has 2 aromatic carbocycles. The summed E-state index contributed by atoms with van der Waals surface area (Å²) >= 11 is 0. The van der Waals surface area contributed by atoms with Gasteiger partial charge < -0.3 is 15.1 Å². The van der Waals surface area contributed by atoms with Crippen LogP contribution in [0.4, 0.5) is 11.4 Å². The van der Waals surface area contributed by atoms with Gasteiger partial charge in [-0.3, -0.25) is 14.5 Å². The van der Waals surface area contributed by atoms with Gasteiger partial charge in [0.15, 0.2) is 0 Å². The molecule has 7 nitrogen and oxygen atoms in total. The van der Waals surface area contributed by atoms with Crippen LogP contribution < -0.4 is 10.6 Å². The van der Waals surface area contributed by atoms with Crippen molar-refractivity contribution in [2.24, 2.45) is 0 Å². The fourth-order valence-electron chi connectivity index (χ4n) is 2.85. The maximum atomic E-state index is 12.4. The Hall–Kier alpha value is -3.45. The highest BCUT2D eigenvalue weighted by Crippen LogP contribution is 2.19. The van der Waals surface area contributed by atoms with E-state index >= 15 is 0 Å². The van der Waals surface area contributed by atoms with E-state index < -0.39 is 0 Å². The molecule has 0 aliphatic rings. The highest BCUT2D eigenvalue weighted by Gasteiger charge is 2.13. The average molecular weight is 392 g/mol. The smallest absolute Gasteiger partial charge is 0.238 e. The Morgan fingerprint density at radius 1 is 1.00 bits per heavy atom. The minimum absolute atomic E-state index is 0.120. The van der Waals surface area contributed by atoms with Gasteiger partial charge in [0.25, 0.3) is 0 Å². The first-order valence-electron chi connectivity index (χ1n) is 9.43. The first-order chi connectivity index (χ1) is 14.0. The number of hydrogen-bond donors (Lipinski definition) is 2. The summed E-state index contributed by atoms with van der Waals surface area (Å²) in [6.45, 7) is 4.89. The molecular formula is C22H24N4O3. The minimum Gasteiger partial charge on any atom is -0.444 e. The Kier molecular flexibility index (Phi) is 6.76. The standard InChI is InChI=1S/C22H24N4O3/c1-3-26(13-20-15-29-22(25-20)17-7-5-4-6-8-17)14-21(28)24-19-11-9-18(10-12-19)23-16(2)27/h4-12,15H,3,13-14H2,1-2H3,(H,23,27)(H,24,28). The molecule has 0 bridgehead atoms. The zero-order chi connectivity index (χ0) is 20.6. The quantitative estimate of drug-likeness (QED) is 0.609. The molecule has 3 aromatic rings. The van der Waals surface area contributed by atoms with E-state index in [-0.39, 0.29) is 18.4 Å². The molecule has 0 unspecified atom stereocenters. The minimum atomic E-state index is -0.136. The Morgan fingerprint density at radius 2 is 1.66 bits per heavy atom. The fourth-order valence-corrected chi connectivity index (χ4v) is 2.85. The first-order valence-corrected chi connectivity index (χ1v) is 9.43. The van der Waals surface area contributed by atoms with E-state index in [9.17, 15) is 9.59 Å². The van der Waals surface area contributed by atoms with Crippen molar-refractivity contribution in [1.29, 1.82) is 0 Å². The monoisotopic (exact) mass is 392 g/mol. The summed E-state index contributed by atoms with van der Waals surface area (Å²) < 4.78 is 5.57. The third-order valence-corrected chi connectivity index (χ3v) is 4.26. The molecular weight excluding hydrogens is 368 g/mol. The van der Waals surface area contributed by atoms with Gasteiger partial charge in [-0.15, -0.1) is 0 Å². The Labute approximate surface area is 169 Å². The van der Waals surface area contributed by atoms with E-state index in [0.29, 0.717) is 30.4 Å². The van der Waals surface area contributed by atoms with Crippen molar-refractivity contribution in [1.82, 2.24) is 9.88 Å². The van der Waals surface area contributed by atoms with Crippen LogP contribution in [0, 0.1) is 0 Å². The third kappa shape index (κ3) is 6.02. The van der Waals surface area contributed by atoms with E-state index in [4.69, 9.17) is 4.42 Å². The lowest BCUT2D eigenvalue weighted by Crippen LogP contribution is -2.32. The predicted molar refractivity (Wildman–Crippen MR) is 112 cm³/mol. The molecule has 0 saturated carbocycles. The second kappa shape index (κ2) is 9.66. The summed E-state index contributed by atoms with van der Waals surface area (Å²) in [6.07, 6.45) is 1.63. The maximum Gasteiger partial charge on any atom is 0.238 e. The summed E-state index contributed by atoms with van der Waals surface area (Å²) in [5.74, 6) is 0.315. The molecule has 0 aliphatic heterocycles. The lowest BCUT2D eigenvalue weighted by molar-refractivity contribution is -0.117. The summed E-state index contributed by atoms with van der Waals surface area (Å²) in [4.78, 5) is 30.0. The number of carbonyl (C=O) groups excluding carboxylic acids is 2. The van der Waals surface area contributed by atoms with Crippen molar-refractivity contribution < 1.29 is 14.0 Å². The van der Waals surface area contributed by atoms with Crippen LogP contribution in [0.2, 0.25) is 0 Å². The number of aromatic nitrogens is 1. The topological polar surface area (TPSA) is 87.5 Å². The van der Waals surface area contributed by atoms with Gasteiger partial charge in [-0.2, -0.15) is 0 Å². The Balaban J connectivity index is 1.55.